The number of aromatic nitrogens is 5. The average Bonchev–Trinajstić information content (AvgIpc) is 3.11. The molecule has 0 fully saturated rings. The normalized spacial score (nSPS) is 15.3. The number of rotatable bonds is 3. The van der Waals surface area contributed by atoms with E-state index < -0.39 is 0 Å². The number of aryl methyl sites for hydroxylation is 1. The predicted molar refractivity (Wildman–Crippen MR) is 85.5 cm³/mol. The number of thiophene rings is 1. The van der Waals surface area contributed by atoms with Crippen LogP contribution in [0, 0.1) is 0 Å². The summed E-state index contributed by atoms with van der Waals surface area (Å²) in [5.41, 5.74) is 0.947. The van der Waals surface area contributed by atoms with Crippen LogP contribution in [0.5, 0.6) is 0 Å². The molecule has 108 valence electrons. The number of nitrogens with one attached hydrogen (secondary N) is 1. The van der Waals surface area contributed by atoms with E-state index in [2.05, 4.69) is 52.9 Å². The van der Waals surface area contributed by atoms with Crippen molar-refractivity contribution in [3.8, 4) is 0 Å². The first-order valence-corrected chi connectivity index (χ1v) is 8.42. The van der Waals surface area contributed by atoms with Gasteiger partial charge in [0.05, 0.1) is 20.0 Å². The molecule has 0 spiro atoms. The minimum Gasteiger partial charge on any atom is -0.359 e. The summed E-state index contributed by atoms with van der Waals surface area (Å²) in [7, 11) is 0. The lowest BCUT2D eigenvalue weighted by atomic mass is 10.3. The zero-order valence-corrected chi connectivity index (χ0v) is 13.8. The maximum Gasteiger partial charge on any atom is 0.155 e. The third-order valence-electron chi connectivity index (χ3n) is 3.66. The monoisotopic (exact) mass is 364 g/mol. The van der Waals surface area contributed by atoms with Crippen LogP contribution in [-0.4, -0.2) is 24.7 Å². The smallest absolute Gasteiger partial charge is 0.155 e. The maximum absolute atomic E-state index is 4.37. The van der Waals surface area contributed by atoms with E-state index in [1.807, 2.05) is 6.07 Å². The van der Waals surface area contributed by atoms with Gasteiger partial charge in [0, 0.05) is 13.0 Å². The summed E-state index contributed by atoms with van der Waals surface area (Å²) in [5, 5.41) is 12.0. The van der Waals surface area contributed by atoms with E-state index in [0.717, 1.165) is 50.9 Å². The first-order valence-electron chi connectivity index (χ1n) is 6.81. The number of nitrogens with zero attached hydrogens (tertiary/aromatic N) is 5. The molecule has 3 aromatic heterocycles. The van der Waals surface area contributed by atoms with E-state index in [1.54, 1.807) is 17.7 Å². The number of hydrogen-bond donors (Lipinski definition) is 1. The fraction of sp³-hybridized carbons (Fsp3) is 0.385. The second-order valence-electron chi connectivity index (χ2n) is 5.08. The lowest BCUT2D eigenvalue weighted by Gasteiger charge is -2.14. The molecule has 3 aromatic rings. The quantitative estimate of drug-likeness (QED) is 0.772. The Hall–Kier alpha value is -1.54. The van der Waals surface area contributed by atoms with Gasteiger partial charge in [-0.1, -0.05) is 0 Å². The van der Waals surface area contributed by atoms with Crippen LogP contribution < -0.4 is 5.32 Å². The molecule has 0 saturated heterocycles. The molecule has 8 heteroatoms. The van der Waals surface area contributed by atoms with Crippen LogP contribution in [0.3, 0.4) is 0 Å². The van der Waals surface area contributed by atoms with Gasteiger partial charge in [-0.25, -0.2) is 9.97 Å². The molecule has 21 heavy (non-hydrogen) atoms. The highest BCUT2D eigenvalue weighted by molar-refractivity contribution is 9.11. The number of fused-ring (bicyclic) bond motifs is 2. The minimum absolute atomic E-state index is 0.0586. The molecule has 0 aromatic carbocycles. The number of anilines is 1. The Kier molecular flexibility index (Phi) is 3.15. The van der Waals surface area contributed by atoms with E-state index in [9.17, 15) is 0 Å². The molecular formula is C13H13BrN6S. The summed E-state index contributed by atoms with van der Waals surface area (Å²) in [5.74, 6) is 2.91. The molecule has 1 N–H and O–H groups in total. The largest absolute Gasteiger partial charge is 0.359 e. The Labute approximate surface area is 133 Å². The van der Waals surface area contributed by atoms with Gasteiger partial charge in [-0.05, 0) is 35.3 Å². The highest BCUT2D eigenvalue weighted by Gasteiger charge is 2.22. The van der Waals surface area contributed by atoms with Gasteiger partial charge in [0.25, 0.3) is 0 Å². The van der Waals surface area contributed by atoms with Crippen molar-refractivity contribution in [1.82, 2.24) is 24.7 Å². The molecule has 0 bridgehead atoms. The zero-order chi connectivity index (χ0) is 14.4. The third-order valence-corrected chi connectivity index (χ3v) is 5.29. The molecule has 6 nitrogen and oxygen atoms in total. The van der Waals surface area contributed by atoms with Gasteiger partial charge in [-0.2, -0.15) is 0 Å². The topological polar surface area (TPSA) is 68.5 Å². The van der Waals surface area contributed by atoms with Crippen molar-refractivity contribution < 1.29 is 0 Å². The fourth-order valence-electron chi connectivity index (χ4n) is 2.69. The van der Waals surface area contributed by atoms with Crippen molar-refractivity contribution in [3.05, 3.63) is 27.8 Å². The van der Waals surface area contributed by atoms with E-state index in [4.69, 9.17) is 0 Å². The van der Waals surface area contributed by atoms with Gasteiger partial charge in [0.15, 0.2) is 5.82 Å². The Morgan fingerprint density at radius 3 is 3.19 bits per heavy atom. The molecule has 0 saturated carbocycles. The van der Waals surface area contributed by atoms with Gasteiger partial charge in [0.2, 0.25) is 0 Å². The van der Waals surface area contributed by atoms with E-state index in [0.29, 0.717) is 0 Å². The second kappa shape index (κ2) is 5.03. The first kappa shape index (κ1) is 13.1. The van der Waals surface area contributed by atoms with Gasteiger partial charge >= 0.3 is 0 Å². The summed E-state index contributed by atoms with van der Waals surface area (Å²) in [4.78, 5) is 8.66. The molecule has 0 aliphatic carbocycles. The van der Waals surface area contributed by atoms with Crippen molar-refractivity contribution >= 4 is 43.3 Å². The number of halogens is 1. The van der Waals surface area contributed by atoms with Crippen molar-refractivity contribution in [2.45, 2.75) is 32.4 Å². The first-order chi connectivity index (χ1) is 10.2. The predicted octanol–water partition coefficient (Wildman–Crippen LogP) is 3.16. The second-order valence-corrected chi connectivity index (χ2v) is 7.51. The summed E-state index contributed by atoms with van der Waals surface area (Å²) in [6.45, 7) is 3.10. The molecule has 1 unspecified atom stereocenters. The summed E-state index contributed by atoms with van der Waals surface area (Å²) in [6.07, 6.45) is 3.76. The maximum atomic E-state index is 4.37. The highest BCUT2D eigenvalue weighted by atomic mass is 79.9. The molecule has 4 rings (SSSR count). The van der Waals surface area contributed by atoms with Crippen molar-refractivity contribution in [1.29, 1.82) is 0 Å². The van der Waals surface area contributed by atoms with Crippen LogP contribution >= 0.6 is 27.3 Å². The van der Waals surface area contributed by atoms with Gasteiger partial charge in [-0.3, -0.25) is 0 Å². The number of hydrogen-bond acceptors (Lipinski definition) is 6. The standard InChI is InChI=1S/C13H13BrN6S/c1-7(13-19-18-10-3-2-4-20(10)13)17-12-11-8(15-6-16-12)5-9(14)21-11/h5-7H,2-4H2,1H3,(H,15,16,17). The SMILES string of the molecule is CC(Nc1ncnc2cc(Br)sc12)c1nnc2n1CCC2. The molecule has 0 amide bonds. The van der Waals surface area contributed by atoms with Crippen molar-refractivity contribution in [2.75, 3.05) is 5.32 Å². The molecule has 1 aliphatic heterocycles. The highest BCUT2D eigenvalue weighted by Crippen LogP contribution is 2.33. The lowest BCUT2D eigenvalue weighted by Crippen LogP contribution is -2.14. The van der Waals surface area contributed by atoms with Crippen LogP contribution in [0.4, 0.5) is 5.82 Å². The van der Waals surface area contributed by atoms with Crippen LogP contribution in [0.25, 0.3) is 10.2 Å². The fourth-order valence-corrected chi connectivity index (χ4v) is 4.18. The third kappa shape index (κ3) is 2.22. The Balaban J connectivity index is 1.67. The van der Waals surface area contributed by atoms with Crippen molar-refractivity contribution in [2.24, 2.45) is 0 Å². The minimum atomic E-state index is 0.0586. The van der Waals surface area contributed by atoms with Crippen LogP contribution in [0.15, 0.2) is 16.2 Å². The summed E-state index contributed by atoms with van der Waals surface area (Å²) < 4.78 is 4.31. The Morgan fingerprint density at radius 1 is 1.38 bits per heavy atom. The Morgan fingerprint density at radius 2 is 2.29 bits per heavy atom. The average molecular weight is 365 g/mol. The Bertz CT molecular complexity index is 810. The van der Waals surface area contributed by atoms with Crippen LogP contribution in [0.2, 0.25) is 0 Å². The van der Waals surface area contributed by atoms with E-state index >= 15 is 0 Å². The summed E-state index contributed by atoms with van der Waals surface area (Å²) in [6, 6.07) is 2.06. The summed E-state index contributed by atoms with van der Waals surface area (Å²) >= 11 is 5.13. The van der Waals surface area contributed by atoms with Gasteiger partial charge < -0.3 is 9.88 Å². The van der Waals surface area contributed by atoms with Crippen LogP contribution in [0.1, 0.15) is 31.0 Å². The molecule has 4 heterocycles. The van der Waals surface area contributed by atoms with Gasteiger partial charge in [0.1, 0.15) is 18.0 Å². The lowest BCUT2D eigenvalue weighted by molar-refractivity contribution is 0.651. The van der Waals surface area contributed by atoms with E-state index in [-0.39, 0.29) is 6.04 Å². The van der Waals surface area contributed by atoms with Crippen molar-refractivity contribution in [3.63, 3.8) is 0 Å². The zero-order valence-electron chi connectivity index (χ0n) is 11.4. The molecule has 1 atom stereocenters. The van der Waals surface area contributed by atoms with E-state index in [1.165, 1.54) is 0 Å². The van der Waals surface area contributed by atoms with Gasteiger partial charge in [-0.15, -0.1) is 21.5 Å². The van der Waals surface area contributed by atoms with Crippen LogP contribution in [-0.2, 0) is 13.0 Å². The molecule has 0 radical (unpaired) electrons. The molecule has 1 aliphatic rings. The molecular weight excluding hydrogens is 352 g/mol.